The van der Waals surface area contributed by atoms with E-state index in [0.717, 1.165) is 0 Å². The molecule has 0 bridgehead atoms. The van der Waals surface area contributed by atoms with E-state index in [1.807, 2.05) is 0 Å². The van der Waals surface area contributed by atoms with Gasteiger partial charge in [-0.05, 0) is 57.2 Å². The van der Waals surface area contributed by atoms with Crippen LogP contribution in [0.25, 0.3) is 0 Å². The zero-order valence-electron chi connectivity index (χ0n) is 22.9. The number of benzene rings is 3. The fraction of sp³-hybridized carbons (Fsp3) is 0.300. The Balaban J connectivity index is 1.68. The van der Waals surface area contributed by atoms with Crippen molar-refractivity contribution in [3.63, 3.8) is 0 Å². The van der Waals surface area contributed by atoms with Crippen LogP contribution in [0.1, 0.15) is 37.5 Å². The van der Waals surface area contributed by atoms with Crippen molar-refractivity contribution in [3.05, 3.63) is 71.3 Å². The molecule has 0 aromatic heterocycles. The Bertz CT molecular complexity index is 1250. The number of hydrogen-bond donors (Lipinski definition) is 6. The van der Waals surface area contributed by atoms with Gasteiger partial charge in [0.25, 0.3) is 0 Å². The molecule has 0 aliphatic carbocycles. The molecule has 0 saturated carbocycles. The lowest BCUT2D eigenvalue weighted by Crippen LogP contribution is -2.32. The van der Waals surface area contributed by atoms with Crippen LogP contribution in [-0.2, 0) is 0 Å². The Hall–Kier alpha value is -4.57. The van der Waals surface area contributed by atoms with Crippen molar-refractivity contribution in [2.24, 2.45) is 15.0 Å². The average Bonchev–Trinajstić information content (AvgIpc) is 2.88. The monoisotopic (exact) mass is 548 g/mol. The fourth-order valence-electron chi connectivity index (χ4n) is 4.15. The van der Waals surface area contributed by atoms with Gasteiger partial charge in [0.1, 0.15) is 34.5 Å². The van der Waals surface area contributed by atoms with E-state index in [1.165, 1.54) is 36.4 Å². The maximum atomic E-state index is 10.1. The summed E-state index contributed by atoms with van der Waals surface area (Å²) in [7, 11) is 0. The number of phenols is 6. The third-order valence-electron chi connectivity index (χ3n) is 6.41. The van der Waals surface area contributed by atoms with E-state index >= 15 is 0 Å². The lowest BCUT2D eigenvalue weighted by atomic mass is 10.1. The molecule has 212 valence electrons. The summed E-state index contributed by atoms with van der Waals surface area (Å²) in [6.45, 7) is 8.53. The second-order valence-electron chi connectivity index (χ2n) is 9.35. The van der Waals surface area contributed by atoms with Crippen LogP contribution in [0.4, 0.5) is 0 Å². The molecule has 40 heavy (non-hydrogen) atoms. The molecular weight excluding hydrogens is 512 g/mol. The van der Waals surface area contributed by atoms with Crippen LogP contribution < -0.4 is 0 Å². The number of nitrogens with zero attached hydrogens (tertiary/aromatic N) is 4. The first-order valence-electron chi connectivity index (χ1n) is 12.9. The minimum atomic E-state index is -0.0392. The molecule has 0 heterocycles. The highest BCUT2D eigenvalue weighted by Crippen LogP contribution is 2.25. The Labute approximate surface area is 233 Å². The summed E-state index contributed by atoms with van der Waals surface area (Å²) < 4.78 is 0. The van der Waals surface area contributed by atoms with Crippen molar-refractivity contribution in [3.8, 4) is 34.5 Å². The third-order valence-corrected chi connectivity index (χ3v) is 6.41. The summed E-state index contributed by atoms with van der Waals surface area (Å²) in [6.07, 6.45) is 0. The number of aromatic hydroxyl groups is 6. The number of phenolic OH excluding ortho intramolecular Hbond substituents is 6. The predicted molar refractivity (Wildman–Crippen MR) is 157 cm³/mol. The number of aliphatic imine (C=N–C) groups is 3. The SMILES string of the molecule is CC(=NCCN(CCN=C(C)c1ccc(O)cc1O)CCN=C(C)c1ccc(O)cc1O)c1ccc(O)cc1O. The summed E-state index contributed by atoms with van der Waals surface area (Å²) >= 11 is 0. The van der Waals surface area contributed by atoms with E-state index in [0.29, 0.717) is 73.1 Å². The van der Waals surface area contributed by atoms with Crippen molar-refractivity contribution < 1.29 is 30.6 Å². The van der Waals surface area contributed by atoms with Gasteiger partial charge in [0.05, 0.1) is 19.6 Å². The fourth-order valence-corrected chi connectivity index (χ4v) is 4.15. The van der Waals surface area contributed by atoms with Crippen molar-refractivity contribution in [1.82, 2.24) is 4.90 Å². The molecule has 0 atom stereocenters. The van der Waals surface area contributed by atoms with Gasteiger partial charge in [-0.2, -0.15) is 0 Å². The highest BCUT2D eigenvalue weighted by molar-refractivity contribution is 6.02. The van der Waals surface area contributed by atoms with Gasteiger partial charge in [-0.3, -0.25) is 19.9 Å². The molecule has 0 aliphatic heterocycles. The lowest BCUT2D eigenvalue weighted by Gasteiger charge is -2.20. The molecule has 0 saturated heterocycles. The van der Waals surface area contributed by atoms with E-state index in [-0.39, 0.29) is 34.5 Å². The maximum Gasteiger partial charge on any atom is 0.128 e. The van der Waals surface area contributed by atoms with E-state index in [4.69, 9.17) is 0 Å². The average molecular weight is 549 g/mol. The minimum Gasteiger partial charge on any atom is -0.508 e. The molecule has 3 aromatic rings. The summed E-state index contributed by atoms with van der Waals surface area (Å²) in [6, 6.07) is 13.2. The number of hydrogen-bond acceptors (Lipinski definition) is 10. The van der Waals surface area contributed by atoms with Gasteiger partial charge >= 0.3 is 0 Å². The second-order valence-corrected chi connectivity index (χ2v) is 9.35. The van der Waals surface area contributed by atoms with Crippen LogP contribution in [-0.4, -0.2) is 91.9 Å². The zero-order chi connectivity index (χ0) is 29.2. The lowest BCUT2D eigenvalue weighted by molar-refractivity contribution is 0.298. The van der Waals surface area contributed by atoms with Crippen molar-refractivity contribution >= 4 is 17.1 Å². The van der Waals surface area contributed by atoms with Crippen LogP contribution in [0.3, 0.4) is 0 Å². The first-order chi connectivity index (χ1) is 19.0. The summed E-state index contributed by atoms with van der Waals surface area (Å²) in [5, 5.41) is 59.0. The smallest absolute Gasteiger partial charge is 0.128 e. The van der Waals surface area contributed by atoms with Gasteiger partial charge in [-0.1, -0.05) is 0 Å². The molecule has 0 unspecified atom stereocenters. The van der Waals surface area contributed by atoms with Gasteiger partial charge in [-0.15, -0.1) is 0 Å². The van der Waals surface area contributed by atoms with Gasteiger partial charge in [-0.25, -0.2) is 0 Å². The molecule has 0 fully saturated rings. The Kier molecular flexibility index (Phi) is 10.5. The Morgan fingerprint density at radius 2 is 0.775 bits per heavy atom. The largest absolute Gasteiger partial charge is 0.508 e. The summed E-state index contributed by atoms with van der Waals surface area (Å²) in [5.41, 5.74) is 3.58. The molecule has 3 aromatic carbocycles. The summed E-state index contributed by atoms with van der Waals surface area (Å²) in [5.74, 6) is -0.178. The third kappa shape index (κ3) is 8.47. The topological polar surface area (TPSA) is 162 Å². The molecule has 0 aliphatic rings. The van der Waals surface area contributed by atoms with Crippen molar-refractivity contribution in [2.75, 3.05) is 39.3 Å². The van der Waals surface area contributed by atoms with E-state index < -0.39 is 0 Å². The second kappa shape index (κ2) is 14.0. The highest BCUT2D eigenvalue weighted by Gasteiger charge is 2.10. The Morgan fingerprint density at radius 1 is 0.500 bits per heavy atom. The molecule has 6 N–H and O–H groups in total. The predicted octanol–water partition coefficient (Wildman–Crippen LogP) is 4.05. The molecular formula is C30H36N4O6. The van der Waals surface area contributed by atoms with Crippen LogP contribution in [0, 0.1) is 0 Å². The van der Waals surface area contributed by atoms with Gasteiger partial charge < -0.3 is 30.6 Å². The van der Waals surface area contributed by atoms with Gasteiger partial charge in [0, 0.05) is 71.7 Å². The van der Waals surface area contributed by atoms with E-state index in [2.05, 4.69) is 19.9 Å². The van der Waals surface area contributed by atoms with E-state index in [9.17, 15) is 30.6 Å². The molecule has 0 spiro atoms. The van der Waals surface area contributed by atoms with Crippen LogP contribution in [0.5, 0.6) is 34.5 Å². The van der Waals surface area contributed by atoms with Gasteiger partial charge in [0.2, 0.25) is 0 Å². The highest BCUT2D eigenvalue weighted by atomic mass is 16.3. The molecule has 3 rings (SSSR count). The quantitative estimate of drug-likeness (QED) is 0.186. The van der Waals surface area contributed by atoms with Gasteiger partial charge in [0.15, 0.2) is 0 Å². The van der Waals surface area contributed by atoms with Crippen LogP contribution >= 0.6 is 0 Å². The minimum absolute atomic E-state index is 0.0202. The zero-order valence-corrected chi connectivity index (χ0v) is 22.9. The maximum absolute atomic E-state index is 10.1. The molecule has 0 radical (unpaired) electrons. The van der Waals surface area contributed by atoms with Crippen molar-refractivity contribution in [1.29, 1.82) is 0 Å². The molecule has 10 heteroatoms. The molecule has 0 amide bonds. The van der Waals surface area contributed by atoms with Crippen molar-refractivity contribution in [2.45, 2.75) is 20.8 Å². The first kappa shape index (κ1) is 30.0. The van der Waals surface area contributed by atoms with Crippen LogP contribution in [0.15, 0.2) is 69.6 Å². The normalized spacial score (nSPS) is 12.8. The first-order valence-corrected chi connectivity index (χ1v) is 12.9. The summed E-state index contributed by atoms with van der Waals surface area (Å²) in [4.78, 5) is 15.9. The standard InChI is InChI=1S/C30H36N4O6/c1-19(25-7-4-22(35)16-28(25)38)31-10-13-34(14-11-32-20(2)26-8-5-23(36)17-29(26)39)15-12-33-21(3)27-9-6-24(37)18-30(27)40/h4-9,16-18,35-40H,10-15H2,1-3H3. The van der Waals surface area contributed by atoms with E-state index in [1.54, 1.807) is 39.0 Å². The number of rotatable bonds is 12. The van der Waals surface area contributed by atoms with Crippen LogP contribution in [0.2, 0.25) is 0 Å². The molecule has 10 nitrogen and oxygen atoms in total. The Morgan fingerprint density at radius 3 is 1.02 bits per heavy atom.